The molecule has 16 heavy (non-hydrogen) atoms. The van der Waals surface area contributed by atoms with Gasteiger partial charge in [0.2, 0.25) is 0 Å². The summed E-state index contributed by atoms with van der Waals surface area (Å²) in [6.45, 7) is 6.26. The fraction of sp³-hybridized carbons (Fsp3) is 0.818. The molecule has 0 unspecified atom stereocenters. The Bertz CT molecular complexity index is 259. The summed E-state index contributed by atoms with van der Waals surface area (Å²) in [6.07, 6.45) is 2.66. The van der Waals surface area contributed by atoms with E-state index < -0.39 is 0 Å². The van der Waals surface area contributed by atoms with Crippen LogP contribution in [0.2, 0.25) is 0 Å². The Labute approximate surface area is 97.1 Å². The molecule has 1 saturated heterocycles. The first kappa shape index (κ1) is 12.8. The van der Waals surface area contributed by atoms with Crippen LogP contribution in [-0.4, -0.2) is 47.3 Å². The van der Waals surface area contributed by atoms with Crippen LogP contribution in [0.15, 0.2) is 0 Å². The number of hydrogen-bond acceptors (Lipinski definition) is 2. The number of amides is 2. The molecule has 0 spiro atoms. The van der Waals surface area contributed by atoms with Crippen molar-refractivity contribution in [2.45, 2.75) is 39.2 Å². The van der Waals surface area contributed by atoms with E-state index in [1.807, 2.05) is 18.7 Å². The number of nitrogens with one attached hydrogen (secondary N) is 1. The van der Waals surface area contributed by atoms with Crippen LogP contribution in [0.4, 0.5) is 4.79 Å². The molecule has 1 heterocycles. The lowest BCUT2D eigenvalue weighted by molar-refractivity contribution is 0.150. The predicted octanol–water partition coefficient (Wildman–Crippen LogP) is 1.24. The van der Waals surface area contributed by atoms with Crippen LogP contribution in [0.25, 0.3) is 0 Å². The fourth-order valence-electron chi connectivity index (χ4n) is 1.91. The highest BCUT2D eigenvalue weighted by Crippen LogP contribution is 2.12. The van der Waals surface area contributed by atoms with E-state index in [1.165, 1.54) is 0 Å². The second-order valence-electron chi connectivity index (χ2n) is 4.54. The smallest absolute Gasteiger partial charge is 0.320 e. The Kier molecular flexibility index (Phi) is 4.58. The van der Waals surface area contributed by atoms with Crippen LogP contribution < -0.4 is 5.73 Å². The quantitative estimate of drug-likeness (QED) is 0.559. The van der Waals surface area contributed by atoms with Crippen molar-refractivity contribution < 1.29 is 4.79 Å². The third kappa shape index (κ3) is 3.40. The monoisotopic (exact) mass is 226 g/mol. The van der Waals surface area contributed by atoms with Gasteiger partial charge in [-0.1, -0.05) is 0 Å². The maximum absolute atomic E-state index is 12.1. The molecular weight excluding hydrogens is 204 g/mol. The molecule has 5 heteroatoms. The number of nitrogens with zero attached hydrogens (tertiary/aromatic N) is 2. The standard InChI is InChI=1S/C11H22N4O/c1-9(2)15(8-5-10(12)13)11(16)14-6-3-4-7-14/h9H,3-8H2,1-2H3,(H3,12,13). The number of carbonyl (C=O) groups is 1. The first-order chi connectivity index (χ1) is 7.52. The third-order valence-electron chi connectivity index (χ3n) is 2.87. The molecule has 0 atom stereocenters. The summed E-state index contributed by atoms with van der Waals surface area (Å²) < 4.78 is 0. The van der Waals surface area contributed by atoms with Crippen molar-refractivity contribution in [3.8, 4) is 0 Å². The molecule has 1 aliphatic rings. The van der Waals surface area contributed by atoms with Gasteiger partial charge in [-0.3, -0.25) is 5.41 Å². The van der Waals surface area contributed by atoms with Gasteiger partial charge in [-0.05, 0) is 26.7 Å². The van der Waals surface area contributed by atoms with E-state index in [2.05, 4.69) is 0 Å². The first-order valence-electron chi connectivity index (χ1n) is 5.91. The average Bonchev–Trinajstić information content (AvgIpc) is 2.69. The van der Waals surface area contributed by atoms with Gasteiger partial charge < -0.3 is 15.5 Å². The zero-order chi connectivity index (χ0) is 12.1. The average molecular weight is 226 g/mol. The van der Waals surface area contributed by atoms with Crippen molar-refractivity contribution >= 4 is 11.9 Å². The molecule has 0 radical (unpaired) electrons. The lowest BCUT2D eigenvalue weighted by Crippen LogP contribution is -2.46. The Morgan fingerprint density at radius 1 is 1.44 bits per heavy atom. The van der Waals surface area contributed by atoms with Gasteiger partial charge in [0.1, 0.15) is 0 Å². The van der Waals surface area contributed by atoms with Crippen molar-refractivity contribution in [3.05, 3.63) is 0 Å². The number of nitrogens with two attached hydrogens (primary N) is 1. The minimum atomic E-state index is 0.0914. The number of hydrogen-bond donors (Lipinski definition) is 2. The number of likely N-dealkylation sites (tertiary alicyclic amines) is 1. The molecule has 1 aliphatic heterocycles. The van der Waals surface area contributed by atoms with Crippen molar-refractivity contribution in [2.75, 3.05) is 19.6 Å². The fourth-order valence-corrected chi connectivity index (χ4v) is 1.91. The Balaban J connectivity index is 2.54. The highest BCUT2D eigenvalue weighted by Gasteiger charge is 2.25. The molecule has 0 aliphatic carbocycles. The van der Waals surface area contributed by atoms with Gasteiger partial charge in [0, 0.05) is 32.1 Å². The molecule has 3 N–H and O–H groups in total. The van der Waals surface area contributed by atoms with Gasteiger partial charge in [0.25, 0.3) is 0 Å². The van der Waals surface area contributed by atoms with E-state index in [4.69, 9.17) is 11.1 Å². The van der Waals surface area contributed by atoms with Crippen LogP contribution >= 0.6 is 0 Å². The predicted molar refractivity (Wildman–Crippen MR) is 64.6 cm³/mol. The van der Waals surface area contributed by atoms with Crippen LogP contribution in [0.5, 0.6) is 0 Å². The minimum Gasteiger partial charge on any atom is -0.388 e. The Morgan fingerprint density at radius 3 is 2.44 bits per heavy atom. The number of carbonyl (C=O) groups excluding carboxylic acids is 1. The van der Waals surface area contributed by atoms with Crippen molar-refractivity contribution in [2.24, 2.45) is 5.73 Å². The molecule has 1 rings (SSSR count). The molecule has 0 aromatic carbocycles. The third-order valence-corrected chi connectivity index (χ3v) is 2.87. The van der Waals surface area contributed by atoms with Crippen molar-refractivity contribution in [3.63, 3.8) is 0 Å². The largest absolute Gasteiger partial charge is 0.388 e. The SMILES string of the molecule is CC(C)N(CCC(=N)N)C(=O)N1CCCC1. The molecule has 5 nitrogen and oxygen atoms in total. The van der Waals surface area contributed by atoms with Crippen molar-refractivity contribution in [1.82, 2.24) is 9.80 Å². The maximum Gasteiger partial charge on any atom is 0.320 e. The molecule has 0 aromatic rings. The molecule has 0 bridgehead atoms. The van der Waals surface area contributed by atoms with Gasteiger partial charge in [-0.25, -0.2) is 4.79 Å². The summed E-state index contributed by atoms with van der Waals surface area (Å²) in [7, 11) is 0. The second kappa shape index (κ2) is 5.72. The highest BCUT2D eigenvalue weighted by atomic mass is 16.2. The van der Waals surface area contributed by atoms with Gasteiger partial charge in [-0.15, -0.1) is 0 Å². The number of rotatable bonds is 4. The molecule has 0 saturated carbocycles. The highest BCUT2D eigenvalue weighted by molar-refractivity contribution is 5.79. The minimum absolute atomic E-state index is 0.0914. The van der Waals surface area contributed by atoms with Crippen LogP contribution in [0.1, 0.15) is 33.1 Å². The lowest BCUT2D eigenvalue weighted by atomic mass is 10.3. The summed E-state index contributed by atoms with van der Waals surface area (Å²) in [4.78, 5) is 15.8. The van der Waals surface area contributed by atoms with Gasteiger partial charge in [-0.2, -0.15) is 0 Å². The molecule has 0 aromatic heterocycles. The Morgan fingerprint density at radius 2 is 2.00 bits per heavy atom. The molecule has 1 fully saturated rings. The summed E-state index contributed by atoms with van der Waals surface area (Å²) in [5, 5.41) is 7.21. The van der Waals surface area contributed by atoms with Crippen LogP contribution in [-0.2, 0) is 0 Å². The summed E-state index contributed by atoms with van der Waals surface area (Å²) in [6, 6.07) is 0.251. The summed E-state index contributed by atoms with van der Waals surface area (Å²) in [5.41, 5.74) is 5.33. The van der Waals surface area contributed by atoms with E-state index in [9.17, 15) is 4.79 Å². The summed E-state index contributed by atoms with van der Waals surface area (Å²) >= 11 is 0. The van der Waals surface area contributed by atoms with E-state index in [0.29, 0.717) is 13.0 Å². The van der Waals surface area contributed by atoms with E-state index in [1.54, 1.807) is 4.90 Å². The Hall–Kier alpha value is -1.26. The van der Waals surface area contributed by atoms with Gasteiger partial charge in [0.05, 0.1) is 5.84 Å². The van der Waals surface area contributed by atoms with E-state index in [0.717, 1.165) is 25.9 Å². The maximum atomic E-state index is 12.1. The van der Waals surface area contributed by atoms with E-state index in [-0.39, 0.29) is 17.9 Å². The normalized spacial score (nSPS) is 15.6. The summed E-state index contributed by atoms with van der Waals surface area (Å²) in [5.74, 6) is 0.139. The molecule has 92 valence electrons. The number of urea groups is 1. The van der Waals surface area contributed by atoms with Gasteiger partial charge in [0.15, 0.2) is 0 Å². The zero-order valence-electron chi connectivity index (χ0n) is 10.2. The topological polar surface area (TPSA) is 73.4 Å². The molecule has 2 amide bonds. The van der Waals surface area contributed by atoms with Gasteiger partial charge >= 0.3 is 6.03 Å². The number of amidine groups is 1. The van der Waals surface area contributed by atoms with Crippen molar-refractivity contribution in [1.29, 1.82) is 5.41 Å². The van der Waals surface area contributed by atoms with E-state index >= 15 is 0 Å². The first-order valence-corrected chi connectivity index (χ1v) is 5.91. The lowest BCUT2D eigenvalue weighted by Gasteiger charge is -2.31. The molecular formula is C11H22N4O. The second-order valence-corrected chi connectivity index (χ2v) is 4.54. The van der Waals surface area contributed by atoms with Crippen LogP contribution in [0, 0.1) is 5.41 Å². The zero-order valence-corrected chi connectivity index (χ0v) is 10.2. The van der Waals surface area contributed by atoms with Crippen LogP contribution in [0.3, 0.4) is 0 Å².